The van der Waals surface area contributed by atoms with E-state index in [4.69, 9.17) is 0 Å². The van der Waals surface area contributed by atoms with E-state index in [1.807, 2.05) is 43.3 Å². The summed E-state index contributed by atoms with van der Waals surface area (Å²) in [6, 6.07) is 15.9. The Labute approximate surface area is 132 Å². The largest absolute Gasteiger partial charge is 0.299 e. The van der Waals surface area contributed by atoms with Crippen molar-refractivity contribution in [3.05, 3.63) is 70.8 Å². The van der Waals surface area contributed by atoms with Gasteiger partial charge >= 0.3 is 0 Å². The summed E-state index contributed by atoms with van der Waals surface area (Å²) in [5.74, 6) is 0.124. The molecule has 0 bridgehead atoms. The van der Waals surface area contributed by atoms with E-state index in [0.717, 1.165) is 23.2 Å². The molecule has 1 fully saturated rings. The molecule has 0 saturated carbocycles. The normalized spacial score (nSPS) is 15.7. The topological polar surface area (TPSA) is 20.3 Å². The monoisotopic (exact) mass is 293 g/mol. The fourth-order valence-electron chi connectivity index (χ4n) is 3.17. The molecule has 1 saturated heterocycles. The van der Waals surface area contributed by atoms with Gasteiger partial charge < -0.3 is 0 Å². The highest BCUT2D eigenvalue weighted by atomic mass is 16.1. The zero-order valence-corrected chi connectivity index (χ0v) is 13.2. The van der Waals surface area contributed by atoms with E-state index in [1.165, 1.54) is 37.9 Å². The molecular weight excluding hydrogens is 270 g/mol. The van der Waals surface area contributed by atoms with Crippen LogP contribution in [0.1, 0.15) is 46.3 Å². The van der Waals surface area contributed by atoms with Gasteiger partial charge in [0.25, 0.3) is 0 Å². The quantitative estimate of drug-likeness (QED) is 0.787. The van der Waals surface area contributed by atoms with Gasteiger partial charge in [0.2, 0.25) is 0 Å². The zero-order valence-electron chi connectivity index (χ0n) is 13.2. The minimum Gasteiger partial charge on any atom is -0.299 e. The summed E-state index contributed by atoms with van der Waals surface area (Å²) < 4.78 is 0. The summed E-state index contributed by atoms with van der Waals surface area (Å²) in [5, 5.41) is 0. The van der Waals surface area contributed by atoms with Crippen molar-refractivity contribution in [3.63, 3.8) is 0 Å². The lowest BCUT2D eigenvalue weighted by atomic mass is 9.97. The molecular formula is C20H23NO. The van der Waals surface area contributed by atoms with Crippen molar-refractivity contribution in [2.24, 2.45) is 0 Å². The molecule has 0 aromatic heterocycles. The summed E-state index contributed by atoms with van der Waals surface area (Å²) in [4.78, 5) is 15.2. The van der Waals surface area contributed by atoms with Crippen LogP contribution in [0.5, 0.6) is 0 Å². The Morgan fingerprint density at radius 3 is 2.55 bits per heavy atom. The van der Waals surface area contributed by atoms with E-state index < -0.39 is 0 Å². The van der Waals surface area contributed by atoms with Crippen molar-refractivity contribution in [2.75, 3.05) is 13.1 Å². The van der Waals surface area contributed by atoms with Gasteiger partial charge in [0.05, 0.1) is 0 Å². The highest BCUT2D eigenvalue weighted by Crippen LogP contribution is 2.17. The van der Waals surface area contributed by atoms with Crippen LogP contribution in [0.25, 0.3) is 0 Å². The van der Waals surface area contributed by atoms with Crippen LogP contribution in [-0.4, -0.2) is 23.8 Å². The Morgan fingerprint density at radius 1 is 1.00 bits per heavy atom. The summed E-state index contributed by atoms with van der Waals surface area (Å²) in [6.07, 6.45) is 3.94. The van der Waals surface area contributed by atoms with E-state index >= 15 is 0 Å². The molecule has 0 aliphatic carbocycles. The SMILES string of the molecule is Cc1ccccc1C(=O)c1cccc(CN2CCCCC2)c1. The first-order valence-corrected chi connectivity index (χ1v) is 8.16. The third kappa shape index (κ3) is 3.45. The van der Waals surface area contributed by atoms with Gasteiger partial charge in [-0.2, -0.15) is 0 Å². The summed E-state index contributed by atoms with van der Waals surface area (Å²) in [5.41, 5.74) is 3.87. The van der Waals surface area contributed by atoms with Crippen LogP contribution in [0.2, 0.25) is 0 Å². The molecule has 2 aromatic carbocycles. The van der Waals surface area contributed by atoms with Gasteiger partial charge in [0, 0.05) is 17.7 Å². The number of likely N-dealkylation sites (tertiary alicyclic amines) is 1. The number of piperidine rings is 1. The molecule has 0 unspecified atom stereocenters. The molecule has 1 aliphatic rings. The van der Waals surface area contributed by atoms with Crippen molar-refractivity contribution >= 4 is 5.78 Å². The average molecular weight is 293 g/mol. The second-order valence-corrected chi connectivity index (χ2v) is 6.18. The molecule has 2 nitrogen and oxygen atoms in total. The van der Waals surface area contributed by atoms with Crippen molar-refractivity contribution in [2.45, 2.75) is 32.7 Å². The predicted octanol–water partition coefficient (Wildman–Crippen LogP) is 4.21. The molecule has 2 aromatic rings. The molecule has 114 valence electrons. The second kappa shape index (κ2) is 6.89. The van der Waals surface area contributed by atoms with Gasteiger partial charge in [0.15, 0.2) is 5.78 Å². The Balaban J connectivity index is 1.78. The van der Waals surface area contributed by atoms with Crippen LogP contribution < -0.4 is 0 Å². The molecule has 0 radical (unpaired) electrons. The number of hydrogen-bond donors (Lipinski definition) is 0. The average Bonchev–Trinajstić information content (AvgIpc) is 2.56. The second-order valence-electron chi connectivity index (χ2n) is 6.18. The van der Waals surface area contributed by atoms with Crippen LogP contribution in [0.3, 0.4) is 0 Å². The number of carbonyl (C=O) groups excluding carboxylic acids is 1. The number of hydrogen-bond acceptors (Lipinski definition) is 2. The number of aryl methyl sites for hydroxylation is 1. The number of nitrogens with zero attached hydrogens (tertiary/aromatic N) is 1. The highest BCUT2D eigenvalue weighted by molar-refractivity contribution is 6.09. The molecule has 0 N–H and O–H groups in total. The molecule has 0 atom stereocenters. The Kier molecular flexibility index (Phi) is 4.69. The lowest BCUT2D eigenvalue weighted by Crippen LogP contribution is -2.29. The fourth-order valence-corrected chi connectivity index (χ4v) is 3.17. The maximum Gasteiger partial charge on any atom is 0.193 e. The first-order chi connectivity index (χ1) is 10.7. The number of benzene rings is 2. The van der Waals surface area contributed by atoms with Crippen molar-refractivity contribution < 1.29 is 4.79 Å². The van der Waals surface area contributed by atoms with Gasteiger partial charge in [-0.3, -0.25) is 9.69 Å². The van der Waals surface area contributed by atoms with Crippen molar-refractivity contribution in [1.82, 2.24) is 4.90 Å². The van der Waals surface area contributed by atoms with Crippen LogP contribution in [0, 0.1) is 6.92 Å². The van der Waals surface area contributed by atoms with E-state index in [1.54, 1.807) is 0 Å². The molecule has 2 heteroatoms. The van der Waals surface area contributed by atoms with Gasteiger partial charge in [-0.15, -0.1) is 0 Å². The number of carbonyl (C=O) groups is 1. The van der Waals surface area contributed by atoms with E-state index in [0.29, 0.717) is 0 Å². The first-order valence-electron chi connectivity index (χ1n) is 8.16. The Hall–Kier alpha value is -1.93. The maximum absolute atomic E-state index is 12.7. The minimum absolute atomic E-state index is 0.124. The summed E-state index contributed by atoms with van der Waals surface area (Å²) in [6.45, 7) is 5.30. The third-order valence-corrected chi connectivity index (χ3v) is 4.43. The van der Waals surface area contributed by atoms with Crippen LogP contribution >= 0.6 is 0 Å². The van der Waals surface area contributed by atoms with Gasteiger partial charge in [-0.1, -0.05) is 48.9 Å². The fraction of sp³-hybridized carbons (Fsp3) is 0.350. The lowest BCUT2D eigenvalue weighted by Gasteiger charge is -2.26. The molecule has 0 spiro atoms. The van der Waals surface area contributed by atoms with Crippen molar-refractivity contribution in [1.29, 1.82) is 0 Å². The van der Waals surface area contributed by atoms with E-state index in [2.05, 4.69) is 17.0 Å². The maximum atomic E-state index is 12.7. The number of rotatable bonds is 4. The van der Waals surface area contributed by atoms with Gasteiger partial charge in [-0.25, -0.2) is 0 Å². The predicted molar refractivity (Wildman–Crippen MR) is 90.2 cm³/mol. The molecule has 0 amide bonds. The van der Waals surface area contributed by atoms with Crippen LogP contribution in [0.15, 0.2) is 48.5 Å². The zero-order chi connectivity index (χ0) is 15.4. The Bertz CT molecular complexity index is 656. The minimum atomic E-state index is 0.124. The molecule has 1 aliphatic heterocycles. The highest BCUT2D eigenvalue weighted by Gasteiger charge is 2.14. The summed E-state index contributed by atoms with van der Waals surface area (Å²) in [7, 11) is 0. The van der Waals surface area contributed by atoms with E-state index in [-0.39, 0.29) is 5.78 Å². The third-order valence-electron chi connectivity index (χ3n) is 4.43. The van der Waals surface area contributed by atoms with Crippen LogP contribution in [0.4, 0.5) is 0 Å². The molecule has 3 rings (SSSR count). The van der Waals surface area contributed by atoms with Crippen LogP contribution in [-0.2, 0) is 6.54 Å². The van der Waals surface area contributed by atoms with E-state index in [9.17, 15) is 4.79 Å². The van der Waals surface area contributed by atoms with Crippen molar-refractivity contribution in [3.8, 4) is 0 Å². The first kappa shape index (κ1) is 15.0. The summed E-state index contributed by atoms with van der Waals surface area (Å²) >= 11 is 0. The molecule has 22 heavy (non-hydrogen) atoms. The van der Waals surface area contributed by atoms with Gasteiger partial charge in [-0.05, 0) is 50.0 Å². The number of ketones is 1. The molecule has 1 heterocycles. The van der Waals surface area contributed by atoms with Gasteiger partial charge in [0.1, 0.15) is 0 Å². The smallest absolute Gasteiger partial charge is 0.193 e. The Morgan fingerprint density at radius 2 is 1.77 bits per heavy atom. The standard InChI is InChI=1S/C20H23NO/c1-16-8-3-4-11-19(16)20(22)18-10-7-9-17(14-18)15-21-12-5-2-6-13-21/h3-4,7-11,14H,2,5-6,12-13,15H2,1H3. The lowest BCUT2D eigenvalue weighted by molar-refractivity contribution is 0.103.